The molecule has 1 aromatic heterocycles. The van der Waals surface area contributed by atoms with Crippen molar-refractivity contribution in [3.05, 3.63) is 41.5 Å². The Hall–Kier alpha value is -2.72. The van der Waals surface area contributed by atoms with Gasteiger partial charge in [-0.1, -0.05) is 0 Å². The first kappa shape index (κ1) is 18.1. The molecule has 2 heterocycles. The van der Waals surface area contributed by atoms with Crippen molar-refractivity contribution in [1.29, 1.82) is 5.26 Å². The molecule has 1 saturated heterocycles. The third kappa shape index (κ3) is 4.09. The summed E-state index contributed by atoms with van der Waals surface area (Å²) in [6, 6.07) is 7.88. The Labute approximate surface area is 151 Å². The van der Waals surface area contributed by atoms with E-state index >= 15 is 0 Å². The fourth-order valence-corrected chi connectivity index (χ4v) is 3.08. The quantitative estimate of drug-likeness (QED) is 0.804. The third-order valence-electron chi connectivity index (χ3n) is 4.52. The Kier molecular flexibility index (Phi) is 5.64. The fraction of sp³-hybridized carbons (Fsp3) is 0.421. The number of likely N-dealkylation sites (tertiary alicyclic amines) is 1. The second-order valence-electron chi connectivity index (χ2n) is 6.33. The van der Waals surface area contributed by atoms with Crippen LogP contribution in [0.15, 0.2) is 28.7 Å². The summed E-state index contributed by atoms with van der Waals surface area (Å²) < 4.78 is 18.7. The van der Waals surface area contributed by atoms with Crippen molar-refractivity contribution >= 4 is 5.91 Å². The zero-order valence-electron chi connectivity index (χ0n) is 14.7. The summed E-state index contributed by atoms with van der Waals surface area (Å²) in [4.78, 5) is 18.3. The van der Waals surface area contributed by atoms with E-state index in [1.165, 1.54) is 12.1 Å². The number of benzene rings is 1. The Morgan fingerprint density at radius 2 is 2.23 bits per heavy atom. The molecule has 26 heavy (non-hydrogen) atoms. The molecule has 1 aliphatic rings. The lowest BCUT2D eigenvalue weighted by Gasteiger charge is -2.19. The van der Waals surface area contributed by atoms with Crippen LogP contribution in [0.25, 0.3) is 11.5 Å². The van der Waals surface area contributed by atoms with Gasteiger partial charge in [0.2, 0.25) is 11.8 Å². The number of aryl methyl sites for hydroxylation is 1. The van der Waals surface area contributed by atoms with Crippen molar-refractivity contribution in [3.63, 3.8) is 0 Å². The summed E-state index contributed by atoms with van der Waals surface area (Å²) in [5.74, 6) is 0.824. The molecule has 1 atom stereocenters. The van der Waals surface area contributed by atoms with Gasteiger partial charge in [-0.15, -0.1) is 0 Å². The molecule has 1 unspecified atom stereocenters. The van der Waals surface area contributed by atoms with E-state index < -0.39 is 0 Å². The molecule has 1 fully saturated rings. The Morgan fingerprint density at radius 3 is 2.96 bits per heavy atom. The normalized spacial score (nSPS) is 16.7. The number of nitriles is 1. The van der Waals surface area contributed by atoms with Gasteiger partial charge in [-0.3, -0.25) is 4.79 Å². The second-order valence-corrected chi connectivity index (χ2v) is 6.33. The fourth-order valence-electron chi connectivity index (χ4n) is 3.08. The average Bonchev–Trinajstić information content (AvgIpc) is 3.26. The van der Waals surface area contributed by atoms with Crippen molar-refractivity contribution in [2.45, 2.75) is 32.2 Å². The highest BCUT2D eigenvalue weighted by atomic mass is 19.1. The van der Waals surface area contributed by atoms with Crippen LogP contribution < -0.4 is 5.32 Å². The maximum absolute atomic E-state index is 13.0. The predicted octanol–water partition coefficient (Wildman–Crippen LogP) is 2.44. The van der Waals surface area contributed by atoms with Gasteiger partial charge in [0, 0.05) is 25.1 Å². The monoisotopic (exact) mass is 356 g/mol. The molecule has 2 aromatic rings. The number of amides is 1. The summed E-state index contributed by atoms with van der Waals surface area (Å²) >= 11 is 0. The van der Waals surface area contributed by atoms with Crippen molar-refractivity contribution in [2.75, 3.05) is 19.6 Å². The molecule has 0 spiro atoms. The van der Waals surface area contributed by atoms with Crippen LogP contribution in [0, 0.1) is 24.1 Å². The van der Waals surface area contributed by atoms with Crippen molar-refractivity contribution in [2.24, 2.45) is 0 Å². The number of carbonyl (C=O) groups is 1. The number of hydrogen-bond donors (Lipinski definition) is 1. The largest absolute Gasteiger partial charge is 0.441 e. The van der Waals surface area contributed by atoms with Gasteiger partial charge in [0.1, 0.15) is 17.6 Å². The van der Waals surface area contributed by atoms with Crippen molar-refractivity contribution < 1.29 is 13.6 Å². The summed E-state index contributed by atoms with van der Waals surface area (Å²) in [5.41, 5.74) is 1.53. The van der Waals surface area contributed by atoms with Crippen LogP contribution in [-0.2, 0) is 11.2 Å². The third-order valence-corrected chi connectivity index (χ3v) is 4.52. The molecule has 1 N–H and O–H groups in total. The highest BCUT2D eigenvalue weighted by molar-refractivity contribution is 5.79. The van der Waals surface area contributed by atoms with E-state index in [2.05, 4.69) is 16.4 Å². The van der Waals surface area contributed by atoms with Crippen molar-refractivity contribution in [1.82, 2.24) is 15.2 Å². The Balaban J connectivity index is 1.50. The molecular formula is C19H21FN4O2. The number of rotatable bonds is 6. The highest BCUT2D eigenvalue weighted by Gasteiger charge is 2.27. The van der Waals surface area contributed by atoms with Crippen LogP contribution in [0.4, 0.5) is 4.39 Å². The lowest BCUT2D eigenvalue weighted by molar-refractivity contribution is -0.130. The van der Waals surface area contributed by atoms with E-state index in [9.17, 15) is 9.18 Å². The van der Waals surface area contributed by atoms with Gasteiger partial charge in [-0.2, -0.15) is 5.26 Å². The summed E-state index contributed by atoms with van der Waals surface area (Å²) in [6.45, 7) is 3.28. The van der Waals surface area contributed by atoms with E-state index in [0.717, 1.165) is 24.1 Å². The van der Waals surface area contributed by atoms with Crippen LogP contribution in [-0.4, -0.2) is 41.5 Å². The summed E-state index contributed by atoms with van der Waals surface area (Å²) in [5, 5.41) is 12.2. The molecular weight excluding hydrogens is 335 g/mol. The molecule has 0 aliphatic carbocycles. The molecule has 136 valence electrons. The lowest BCUT2D eigenvalue weighted by Crippen LogP contribution is -2.41. The SMILES string of the molecule is Cc1oc(-c2ccc(F)cc2)nc1CCNCC(=O)N1CCCC1C#N. The van der Waals surface area contributed by atoms with Crippen molar-refractivity contribution in [3.8, 4) is 17.5 Å². The van der Waals surface area contributed by atoms with E-state index in [0.29, 0.717) is 31.2 Å². The van der Waals surface area contributed by atoms with Gasteiger partial charge in [0.15, 0.2) is 0 Å². The molecule has 0 saturated carbocycles. The first-order chi connectivity index (χ1) is 12.6. The molecule has 7 heteroatoms. The van der Waals surface area contributed by atoms with Crippen LogP contribution >= 0.6 is 0 Å². The van der Waals surface area contributed by atoms with Crippen LogP contribution in [0.5, 0.6) is 0 Å². The predicted molar refractivity (Wildman–Crippen MR) is 93.6 cm³/mol. The maximum Gasteiger partial charge on any atom is 0.237 e. The number of carbonyl (C=O) groups excluding carboxylic acids is 1. The maximum atomic E-state index is 13.0. The lowest BCUT2D eigenvalue weighted by atomic mass is 10.2. The molecule has 1 amide bonds. The standard InChI is InChI=1S/C19H21FN4O2/c1-13-17(23-19(26-13)14-4-6-15(20)7-5-14)8-9-22-12-18(25)24-10-2-3-16(24)11-21/h4-7,16,22H,2-3,8-10,12H2,1H3. The van der Waals surface area contributed by atoms with Crippen LogP contribution in [0.3, 0.4) is 0 Å². The van der Waals surface area contributed by atoms with Gasteiger partial charge in [0.25, 0.3) is 0 Å². The average molecular weight is 356 g/mol. The molecule has 6 nitrogen and oxygen atoms in total. The van der Waals surface area contributed by atoms with E-state index in [4.69, 9.17) is 9.68 Å². The first-order valence-corrected chi connectivity index (χ1v) is 8.70. The minimum atomic E-state index is -0.303. The zero-order valence-corrected chi connectivity index (χ0v) is 14.7. The number of halogens is 1. The Bertz CT molecular complexity index is 810. The molecule has 1 aliphatic heterocycles. The van der Waals surface area contributed by atoms with Gasteiger partial charge in [0.05, 0.1) is 18.3 Å². The summed E-state index contributed by atoms with van der Waals surface area (Å²) in [6.07, 6.45) is 2.26. The molecule has 0 radical (unpaired) electrons. The van der Waals surface area contributed by atoms with Crippen LogP contribution in [0.2, 0.25) is 0 Å². The van der Waals surface area contributed by atoms with E-state index in [1.54, 1.807) is 17.0 Å². The minimum absolute atomic E-state index is 0.0436. The highest BCUT2D eigenvalue weighted by Crippen LogP contribution is 2.22. The van der Waals surface area contributed by atoms with Gasteiger partial charge >= 0.3 is 0 Å². The van der Waals surface area contributed by atoms with Crippen LogP contribution in [0.1, 0.15) is 24.3 Å². The minimum Gasteiger partial charge on any atom is -0.441 e. The summed E-state index contributed by atoms with van der Waals surface area (Å²) in [7, 11) is 0. The van der Waals surface area contributed by atoms with E-state index in [-0.39, 0.29) is 24.3 Å². The Morgan fingerprint density at radius 1 is 1.46 bits per heavy atom. The molecule has 1 aromatic carbocycles. The second kappa shape index (κ2) is 8.11. The first-order valence-electron chi connectivity index (χ1n) is 8.70. The number of nitrogens with zero attached hydrogens (tertiary/aromatic N) is 3. The molecule has 3 rings (SSSR count). The zero-order chi connectivity index (χ0) is 18.5. The molecule has 0 bridgehead atoms. The number of nitrogens with one attached hydrogen (secondary N) is 1. The topological polar surface area (TPSA) is 82.2 Å². The van der Waals surface area contributed by atoms with E-state index in [1.807, 2.05) is 6.92 Å². The number of hydrogen-bond acceptors (Lipinski definition) is 5. The number of aromatic nitrogens is 1. The smallest absolute Gasteiger partial charge is 0.237 e. The van der Waals surface area contributed by atoms with Gasteiger partial charge in [-0.05, 0) is 44.0 Å². The van der Waals surface area contributed by atoms with Gasteiger partial charge < -0.3 is 14.6 Å². The number of oxazole rings is 1. The van der Waals surface area contributed by atoms with Gasteiger partial charge in [-0.25, -0.2) is 9.37 Å².